The Kier molecular flexibility index (Phi) is 3.70. The number of carboxylic acids is 1. The molecule has 1 aromatic heterocycles. The summed E-state index contributed by atoms with van der Waals surface area (Å²) in [6.07, 6.45) is 2.07. The third-order valence-electron chi connectivity index (χ3n) is 3.19. The van der Waals surface area contributed by atoms with E-state index in [1.165, 1.54) is 4.68 Å². The Bertz CT molecular complexity index is 732. The summed E-state index contributed by atoms with van der Waals surface area (Å²) in [4.78, 5) is 23.1. The number of hydrogen-bond donors (Lipinski definition) is 1. The van der Waals surface area contributed by atoms with E-state index in [2.05, 4.69) is 5.10 Å². The van der Waals surface area contributed by atoms with Crippen molar-refractivity contribution in [3.63, 3.8) is 0 Å². The average molecular weight is 272 g/mol. The van der Waals surface area contributed by atoms with Crippen molar-refractivity contribution in [2.75, 3.05) is 0 Å². The molecule has 0 unspecified atom stereocenters. The lowest BCUT2D eigenvalue weighted by Gasteiger charge is -2.12. The van der Waals surface area contributed by atoms with Gasteiger partial charge in [0, 0.05) is 11.8 Å². The zero-order chi connectivity index (χ0) is 14.9. The van der Waals surface area contributed by atoms with Crippen LogP contribution in [0.5, 0.6) is 0 Å². The third-order valence-corrected chi connectivity index (χ3v) is 3.19. The highest BCUT2D eigenvalue weighted by atomic mass is 16.4. The van der Waals surface area contributed by atoms with Gasteiger partial charge < -0.3 is 5.11 Å². The minimum Gasteiger partial charge on any atom is -0.476 e. The van der Waals surface area contributed by atoms with Gasteiger partial charge in [-0.15, -0.1) is 0 Å². The van der Waals surface area contributed by atoms with Crippen molar-refractivity contribution >= 4 is 5.97 Å². The fraction of sp³-hybridized carbons (Fsp3) is 0.267. The predicted molar refractivity (Wildman–Crippen MR) is 75.6 cm³/mol. The molecule has 2 aromatic rings. The van der Waals surface area contributed by atoms with Crippen molar-refractivity contribution < 1.29 is 9.90 Å². The lowest BCUT2D eigenvalue weighted by molar-refractivity contribution is 0.0686. The molecular weight excluding hydrogens is 256 g/mol. The first-order chi connectivity index (χ1) is 9.43. The molecule has 1 aromatic carbocycles. The van der Waals surface area contributed by atoms with Gasteiger partial charge in [0.05, 0.1) is 5.69 Å². The zero-order valence-electron chi connectivity index (χ0n) is 11.7. The summed E-state index contributed by atoms with van der Waals surface area (Å²) in [6, 6.07) is 5.83. The molecular formula is C15H16N2O3. The molecule has 0 amide bonds. The second kappa shape index (κ2) is 5.28. The Morgan fingerprint density at radius 1 is 1.35 bits per heavy atom. The van der Waals surface area contributed by atoms with Crippen molar-refractivity contribution in [1.82, 2.24) is 9.78 Å². The summed E-state index contributed by atoms with van der Waals surface area (Å²) in [5.74, 6) is -1.30. The molecule has 0 spiro atoms. The molecule has 0 radical (unpaired) electrons. The van der Waals surface area contributed by atoms with E-state index < -0.39 is 17.1 Å². The molecule has 0 saturated carbocycles. The Labute approximate surface area is 116 Å². The Hall–Kier alpha value is -2.43. The van der Waals surface area contributed by atoms with E-state index in [4.69, 9.17) is 5.11 Å². The molecule has 0 bridgehead atoms. The fourth-order valence-corrected chi connectivity index (χ4v) is 2.02. The van der Waals surface area contributed by atoms with Crippen molar-refractivity contribution in [3.05, 3.63) is 57.0 Å². The van der Waals surface area contributed by atoms with Crippen LogP contribution >= 0.6 is 0 Å². The molecule has 0 aliphatic heterocycles. The highest BCUT2D eigenvalue weighted by Crippen LogP contribution is 2.15. The van der Waals surface area contributed by atoms with Crippen LogP contribution in [0, 0.1) is 13.8 Å². The van der Waals surface area contributed by atoms with E-state index in [1.807, 2.05) is 39.0 Å². The molecule has 2 rings (SSSR count). The van der Waals surface area contributed by atoms with Crippen LogP contribution in [0.1, 0.15) is 34.1 Å². The highest BCUT2D eigenvalue weighted by Gasteiger charge is 2.16. The van der Waals surface area contributed by atoms with Gasteiger partial charge in [0.25, 0.3) is 0 Å². The number of carbonyl (C=O) groups is 1. The summed E-state index contributed by atoms with van der Waals surface area (Å²) >= 11 is 0. The molecule has 104 valence electrons. The van der Waals surface area contributed by atoms with E-state index >= 15 is 0 Å². The van der Waals surface area contributed by atoms with Gasteiger partial charge in [-0.2, -0.15) is 5.10 Å². The van der Waals surface area contributed by atoms with Crippen LogP contribution in [0.25, 0.3) is 5.69 Å². The van der Waals surface area contributed by atoms with Gasteiger partial charge in [0.1, 0.15) is 0 Å². The van der Waals surface area contributed by atoms with Crippen molar-refractivity contribution in [3.8, 4) is 5.69 Å². The molecule has 5 heteroatoms. The summed E-state index contributed by atoms with van der Waals surface area (Å²) in [5.41, 5.74) is 2.28. The first-order valence-electron chi connectivity index (χ1n) is 6.37. The lowest BCUT2D eigenvalue weighted by atomic mass is 10.1. The highest BCUT2D eigenvalue weighted by molar-refractivity contribution is 5.85. The first-order valence-corrected chi connectivity index (χ1v) is 6.37. The molecule has 1 heterocycles. The van der Waals surface area contributed by atoms with Crippen LogP contribution in [-0.2, 0) is 6.42 Å². The average Bonchev–Trinajstić information content (AvgIpc) is 2.41. The topological polar surface area (TPSA) is 72.2 Å². The summed E-state index contributed by atoms with van der Waals surface area (Å²) in [5, 5.41) is 13.1. The molecule has 0 aliphatic carbocycles. The second-order valence-electron chi connectivity index (χ2n) is 4.73. The van der Waals surface area contributed by atoms with Crippen molar-refractivity contribution in [2.45, 2.75) is 27.2 Å². The number of aromatic carboxylic acids is 1. The monoisotopic (exact) mass is 272 g/mol. The van der Waals surface area contributed by atoms with E-state index in [-0.39, 0.29) is 0 Å². The Morgan fingerprint density at radius 3 is 2.65 bits per heavy atom. The number of benzene rings is 1. The van der Waals surface area contributed by atoms with E-state index in [0.29, 0.717) is 12.0 Å². The number of aromatic nitrogens is 2. The van der Waals surface area contributed by atoms with Gasteiger partial charge in [-0.05, 0) is 37.5 Å². The van der Waals surface area contributed by atoms with Crippen molar-refractivity contribution in [1.29, 1.82) is 0 Å². The maximum Gasteiger partial charge on any atom is 0.360 e. The van der Waals surface area contributed by atoms with Gasteiger partial charge in [0.2, 0.25) is 11.1 Å². The molecule has 1 N–H and O–H groups in total. The maximum atomic E-state index is 11.9. The molecule has 0 fully saturated rings. The molecule has 0 atom stereocenters. The summed E-state index contributed by atoms with van der Waals surface area (Å²) in [7, 11) is 0. The normalized spacial score (nSPS) is 10.6. The van der Waals surface area contributed by atoms with E-state index in [9.17, 15) is 9.59 Å². The minimum absolute atomic E-state index is 0.440. The minimum atomic E-state index is -1.30. The van der Waals surface area contributed by atoms with E-state index in [1.54, 1.807) is 6.20 Å². The number of nitrogens with zero attached hydrogens (tertiary/aromatic N) is 2. The van der Waals surface area contributed by atoms with Crippen LogP contribution in [0.2, 0.25) is 0 Å². The van der Waals surface area contributed by atoms with Crippen LogP contribution in [0.4, 0.5) is 0 Å². The molecule has 0 aliphatic rings. The Morgan fingerprint density at radius 2 is 2.05 bits per heavy atom. The van der Waals surface area contributed by atoms with Gasteiger partial charge >= 0.3 is 5.97 Å². The van der Waals surface area contributed by atoms with Gasteiger partial charge in [0.15, 0.2) is 0 Å². The lowest BCUT2D eigenvalue weighted by Crippen LogP contribution is -2.24. The predicted octanol–water partition coefficient (Wildman–Crippen LogP) is 2.11. The maximum absolute atomic E-state index is 11.9. The number of carboxylic acid groups (broad SMARTS) is 1. The van der Waals surface area contributed by atoms with Gasteiger partial charge in [-0.1, -0.05) is 19.1 Å². The van der Waals surface area contributed by atoms with Crippen LogP contribution in [0.15, 0.2) is 29.2 Å². The van der Waals surface area contributed by atoms with Crippen LogP contribution in [0.3, 0.4) is 0 Å². The smallest absolute Gasteiger partial charge is 0.360 e. The van der Waals surface area contributed by atoms with Crippen LogP contribution < -0.4 is 5.43 Å². The summed E-state index contributed by atoms with van der Waals surface area (Å²) in [6.45, 7) is 5.68. The SMILES string of the molecule is CCc1cn(-c2cc(C)ccc2C)nc(C(=O)O)c1=O. The number of aryl methyl sites for hydroxylation is 3. The molecule has 0 saturated heterocycles. The standard InChI is InChI=1S/C15H16N2O3/c1-4-11-8-17(16-13(14(11)18)15(19)20)12-7-9(2)5-6-10(12)3/h5-8H,4H2,1-3H3,(H,19,20). The largest absolute Gasteiger partial charge is 0.476 e. The molecule has 5 nitrogen and oxygen atoms in total. The number of rotatable bonds is 3. The fourth-order valence-electron chi connectivity index (χ4n) is 2.02. The zero-order valence-corrected chi connectivity index (χ0v) is 11.7. The molecule has 20 heavy (non-hydrogen) atoms. The van der Waals surface area contributed by atoms with Gasteiger partial charge in [-0.25, -0.2) is 9.48 Å². The first kappa shape index (κ1) is 14.0. The van der Waals surface area contributed by atoms with E-state index in [0.717, 1.165) is 16.8 Å². The van der Waals surface area contributed by atoms with Crippen molar-refractivity contribution in [2.24, 2.45) is 0 Å². The second-order valence-corrected chi connectivity index (χ2v) is 4.73. The third kappa shape index (κ3) is 2.47. The van der Waals surface area contributed by atoms with Gasteiger partial charge in [-0.3, -0.25) is 4.79 Å². The Balaban J connectivity index is 2.75. The number of hydrogen-bond acceptors (Lipinski definition) is 3. The summed E-state index contributed by atoms with van der Waals surface area (Å²) < 4.78 is 1.48. The quantitative estimate of drug-likeness (QED) is 0.928. The van der Waals surface area contributed by atoms with Crippen LogP contribution in [-0.4, -0.2) is 20.9 Å².